The first-order chi connectivity index (χ1) is 6.88. The van der Waals surface area contributed by atoms with Crippen molar-refractivity contribution in [1.29, 1.82) is 0 Å². The van der Waals surface area contributed by atoms with Crippen LogP contribution in [0.25, 0.3) is 0 Å². The molecule has 0 aliphatic heterocycles. The van der Waals surface area contributed by atoms with Crippen LogP contribution >= 0.6 is 0 Å². The Labute approximate surface area is 105 Å². The molecule has 0 fully saturated rings. The van der Waals surface area contributed by atoms with Gasteiger partial charge in [0.1, 0.15) is 0 Å². The second kappa shape index (κ2) is 5.81. The van der Waals surface area contributed by atoms with E-state index in [2.05, 4.69) is 67.6 Å². The molecule has 2 rings (SSSR count). The van der Waals surface area contributed by atoms with Crippen molar-refractivity contribution >= 4 is 0 Å². The van der Waals surface area contributed by atoms with Gasteiger partial charge in [-0.1, -0.05) is 67.6 Å². The van der Waals surface area contributed by atoms with E-state index in [1.807, 2.05) is 0 Å². The number of benzene rings is 2. The van der Waals surface area contributed by atoms with Crippen LogP contribution in [0, 0.1) is 0 Å². The maximum atomic E-state index is 2.24. The molecule has 0 saturated heterocycles. The second-order valence-corrected chi connectivity index (χ2v) is 3.54. The summed E-state index contributed by atoms with van der Waals surface area (Å²) in [6.07, 6.45) is 0. The predicted octanol–water partition coefficient (Wildman–Crippen LogP) is 0.955. The third-order valence-electron chi connectivity index (χ3n) is 2.60. The van der Waals surface area contributed by atoms with Gasteiger partial charge in [0.15, 0.2) is 0 Å². The standard InChI is InChI=1S/C14H14.Li.H/c1-12(13-8-4-2-5-9-13)14-10-6-3-7-11-14;;/h2-12H,1H3;;/q;+1;-1. The molecule has 0 heterocycles. The van der Waals surface area contributed by atoms with Crippen LogP contribution in [0.4, 0.5) is 0 Å². The predicted molar refractivity (Wildman–Crippen MR) is 61.5 cm³/mol. The van der Waals surface area contributed by atoms with Gasteiger partial charge in [-0.25, -0.2) is 0 Å². The van der Waals surface area contributed by atoms with Crippen LogP contribution in [0.5, 0.6) is 0 Å². The van der Waals surface area contributed by atoms with Crippen molar-refractivity contribution in [1.82, 2.24) is 0 Å². The van der Waals surface area contributed by atoms with Gasteiger partial charge in [0, 0.05) is 5.92 Å². The monoisotopic (exact) mass is 190 g/mol. The Kier molecular flexibility index (Phi) is 4.69. The van der Waals surface area contributed by atoms with E-state index >= 15 is 0 Å². The molecule has 0 saturated carbocycles. The third-order valence-corrected chi connectivity index (χ3v) is 2.60. The Morgan fingerprint density at radius 3 is 1.40 bits per heavy atom. The first-order valence-electron chi connectivity index (χ1n) is 4.98. The van der Waals surface area contributed by atoms with E-state index in [0.29, 0.717) is 5.92 Å². The molecule has 1 heteroatoms. The molecule has 0 N–H and O–H groups in total. The minimum absolute atomic E-state index is 0. The van der Waals surface area contributed by atoms with Crippen LogP contribution in [0.3, 0.4) is 0 Å². The molecular formula is C14H15Li. The van der Waals surface area contributed by atoms with Gasteiger partial charge in [0.05, 0.1) is 0 Å². The summed E-state index contributed by atoms with van der Waals surface area (Å²) in [6, 6.07) is 21.2. The average Bonchev–Trinajstić information content (AvgIpc) is 2.30. The fraction of sp³-hybridized carbons (Fsp3) is 0.143. The van der Waals surface area contributed by atoms with Crippen molar-refractivity contribution in [3.8, 4) is 0 Å². The normalized spacial score (nSPS) is 9.73. The molecule has 72 valence electrons. The largest absolute Gasteiger partial charge is 1.00 e. The molecule has 0 aromatic heterocycles. The molecule has 2 aromatic carbocycles. The molecule has 15 heavy (non-hydrogen) atoms. The van der Waals surface area contributed by atoms with E-state index in [1.165, 1.54) is 11.1 Å². The molecule has 0 unspecified atom stereocenters. The molecule has 2 aromatic rings. The summed E-state index contributed by atoms with van der Waals surface area (Å²) >= 11 is 0. The Morgan fingerprint density at radius 1 is 0.733 bits per heavy atom. The van der Waals surface area contributed by atoms with Gasteiger partial charge < -0.3 is 1.43 Å². The van der Waals surface area contributed by atoms with E-state index in [1.54, 1.807) is 0 Å². The summed E-state index contributed by atoms with van der Waals surface area (Å²) in [5.41, 5.74) is 2.75. The van der Waals surface area contributed by atoms with Crippen LogP contribution in [-0.4, -0.2) is 0 Å². The molecule has 0 nitrogen and oxygen atoms in total. The zero-order chi connectivity index (χ0) is 9.80. The Balaban J connectivity index is 0.00000112. The molecular weight excluding hydrogens is 175 g/mol. The van der Waals surface area contributed by atoms with Gasteiger partial charge in [0.25, 0.3) is 0 Å². The van der Waals surface area contributed by atoms with Crippen LogP contribution in [0.1, 0.15) is 25.4 Å². The molecule has 0 aliphatic rings. The maximum absolute atomic E-state index is 2.24. The second-order valence-electron chi connectivity index (χ2n) is 3.54. The van der Waals surface area contributed by atoms with Gasteiger partial charge in [-0.15, -0.1) is 0 Å². The van der Waals surface area contributed by atoms with E-state index in [9.17, 15) is 0 Å². The van der Waals surface area contributed by atoms with E-state index in [-0.39, 0.29) is 20.3 Å². The fourth-order valence-corrected chi connectivity index (χ4v) is 1.68. The van der Waals surface area contributed by atoms with Crippen molar-refractivity contribution in [2.75, 3.05) is 0 Å². The number of rotatable bonds is 2. The Hall–Kier alpha value is -0.963. The van der Waals surface area contributed by atoms with Crippen molar-refractivity contribution in [3.05, 3.63) is 71.8 Å². The topological polar surface area (TPSA) is 0 Å². The van der Waals surface area contributed by atoms with E-state index in [0.717, 1.165) is 0 Å². The molecule has 0 amide bonds. The van der Waals surface area contributed by atoms with Crippen LogP contribution < -0.4 is 18.9 Å². The molecule has 0 radical (unpaired) electrons. The van der Waals surface area contributed by atoms with Gasteiger partial charge in [-0.3, -0.25) is 0 Å². The number of hydrogen-bond donors (Lipinski definition) is 0. The van der Waals surface area contributed by atoms with Gasteiger partial charge in [-0.2, -0.15) is 0 Å². The van der Waals surface area contributed by atoms with Crippen molar-refractivity contribution < 1.29 is 20.3 Å². The SMILES string of the molecule is CC(c1ccccc1)c1ccccc1.[H-].[Li+]. The van der Waals surface area contributed by atoms with Crippen molar-refractivity contribution in [2.24, 2.45) is 0 Å². The Bertz CT molecular complexity index is 346. The summed E-state index contributed by atoms with van der Waals surface area (Å²) in [5.74, 6) is 0.484. The summed E-state index contributed by atoms with van der Waals surface area (Å²) in [4.78, 5) is 0. The van der Waals surface area contributed by atoms with Crippen LogP contribution in [0.15, 0.2) is 60.7 Å². The first kappa shape index (κ1) is 12.1. The molecule has 0 atom stereocenters. The molecule has 0 aliphatic carbocycles. The quantitative estimate of drug-likeness (QED) is 0.619. The van der Waals surface area contributed by atoms with Gasteiger partial charge in [0.2, 0.25) is 0 Å². The summed E-state index contributed by atoms with van der Waals surface area (Å²) in [5, 5.41) is 0. The van der Waals surface area contributed by atoms with Gasteiger partial charge >= 0.3 is 18.9 Å². The fourth-order valence-electron chi connectivity index (χ4n) is 1.68. The van der Waals surface area contributed by atoms with Gasteiger partial charge in [-0.05, 0) is 11.1 Å². The van der Waals surface area contributed by atoms with Crippen LogP contribution in [0.2, 0.25) is 0 Å². The maximum Gasteiger partial charge on any atom is 1.00 e. The summed E-state index contributed by atoms with van der Waals surface area (Å²) < 4.78 is 0. The summed E-state index contributed by atoms with van der Waals surface area (Å²) in [7, 11) is 0. The third kappa shape index (κ3) is 2.99. The summed E-state index contributed by atoms with van der Waals surface area (Å²) in [6.45, 7) is 2.24. The molecule has 0 bridgehead atoms. The van der Waals surface area contributed by atoms with E-state index in [4.69, 9.17) is 0 Å². The zero-order valence-electron chi connectivity index (χ0n) is 10.4. The minimum atomic E-state index is 0. The van der Waals surface area contributed by atoms with Crippen molar-refractivity contribution in [3.63, 3.8) is 0 Å². The van der Waals surface area contributed by atoms with Crippen LogP contribution in [-0.2, 0) is 0 Å². The van der Waals surface area contributed by atoms with E-state index < -0.39 is 0 Å². The zero-order valence-corrected chi connectivity index (χ0v) is 9.35. The first-order valence-corrected chi connectivity index (χ1v) is 4.98. The average molecular weight is 190 g/mol. The van der Waals surface area contributed by atoms with Crippen molar-refractivity contribution in [2.45, 2.75) is 12.8 Å². The molecule has 0 spiro atoms. The number of hydrogen-bond acceptors (Lipinski definition) is 0. The Morgan fingerprint density at radius 2 is 1.07 bits per heavy atom. The minimum Gasteiger partial charge on any atom is -1.00 e. The smallest absolute Gasteiger partial charge is 1.00 e.